The number of benzene rings is 2. The second-order valence-corrected chi connectivity index (χ2v) is 7.44. The lowest BCUT2D eigenvalue weighted by Crippen LogP contribution is -2.19. The molecule has 24 heavy (non-hydrogen) atoms. The van der Waals surface area contributed by atoms with Gasteiger partial charge in [0.2, 0.25) is 0 Å². The van der Waals surface area contributed by atoms with Gasteiger partial charge >= 0.3 is 6.03 Å². The standard InChI is InChI=1S/C13H9Cl2N3O5S/c14-11-7-10(24(15,22)23)5-6-12(11)17-13(19)16-8-1-3-9(4-2-8)18(20)21/h1-7H,(H2,16,17,19). The molecule has 0 aliphatic rings. The summed E-state index contributed by atoms with van der Waals surface area (Å²) in [6.45, 7) is 0. The molecule has 11 heteroatoms. The molecule has 0 aliphatic carbocycles. The van der Waals surface area contributed by atoms with Crippen molar-refractivity contribution in [3.8, 4) is 0 Å². The number of nitro benzene ring substituents is 1. The van der Waals surface area contributed by atoms with Crippen LogP contribution >= 0.6 is 22.3 Å². The van der Waals surface area contributed by atoms with Crippen LogP contribution in [0.3, 0.4) is 0 Å². The molecule has 0 heterocycles. The largest absolute Gasteiger partial charge is 0.323 e. The number of nitro groups is 1. The first-order valence-electron chi connectivity index (χ1n) is 6.23. The van der Waals surface area contributed by atoms with Crippen LogP contribution in [0.25, 0.3) is 0 Å². The monoisotopic (exact) mass is 389 g/mol. The van der Waals surface area contributed by atoms with Crippen molar-refractivity contribution in [3.63, 3.8) is 0 Å². The predicted molar refractivity (Wildman–Crippen MR) is 90.2 cm³/mol. The van der Waals surface area contributed by atoms with Crippen molar-refractivity contribution < 1.29 is 18.1 Å². The van der Waals surface area contributed by atoms with Crippen molar-refractivity contribution in [3.05, 3.63) is 57.6 Å². The molecule has 0 bridgehead atoms. The topological polar surface area (TPSA) is 118 Å². The van der Waals surface area contributed by atoms with Gasteiger partial charge in [-0.15, -0.1) is 0 Å². The molecule has 0 spiro atoms. The zero-order valence-electron chi connectivity index (χ0n) is 11.7. The van der Waals surface area contributed by atoms with Gasteiger partial charge in [0, 0.05) is 28.5 Å². The molecular weight excluding hydrogens is 381 g/mol. The Labute approximate surface area is 146 Å². The summed E-state index contributed by atoms with van der Waals surface area (Å²) in [6, 6.07) is 8.12. The Morgan fingerprint density at radius 3 is 2.21 bits per heavy atom. The molecule has 0 aromatic heterocycles. The van der Waals surface area contributed by atoms with Gasteiger partial charge in [-0.1, -0.05) is 11.6 Å². The molecule has 0 unspecified atom stereocenters. The number of halogens is 2. The van der Waals surface area contributed by atoms with E-state index >= 15 is 0 Å². The molecule has 8 nitrogen and oxygen atoms in total. The van der Waals surface area contributed by atoms with Gasteiger partial charge in [-0.25, -0.2) is 13.2 Å². The lowest BCUT2D eigenvalue weighted by Gasteiger charge is -2.09. The van der Waals surface area contributed by atoms with Crippen LogP contribution in [-0.2, 0) is 9.05 Å². The van der Waals surface area contributed by atoms with E-state index in [-0.39, 0.29) is 21.3 Å². The highest BCUT2D eigenvalue weighted by Gasteiger charge is 2.14. The number of nitrogens with zero attached hydrogens (tertiary/aromatic N) is 1. The van der Waals surface area contributed by atoms with E-state index in [4.69, 9.17) is 22.3 Å². The Kier molecular flexibility index (Phi) is 5.27. The normalized spacial score (nSPS) is 10.9. The van der Waals surface area contributed by atoms with Crippen LogP contribution in [0.2, 0.25) is 5.02 Å². The highest BCUT2D eigenvalue weighted by Crippen LogP contribution is 2.27. The van der Waals surface area contributed by atoms with Gasteiger partial charge in [0.25, 0.3) is 14.7 Å². The van der Waals surface area contributed by atoms with Crippen molar-refractivity contribution in [1.29, 1.82) is 0 Å². The van der Waals surface area contributed by atoms with Crippen molar-refractivity contribution in [2.24, 2.45) is 0 Å². The summed E-state index contributed by atoms with van der Waals surface area (Å²) in [5, 5.41) is 15.4. The Bertz CT molecular complexity index is 900. The second-order valence-electron chi connectivity index (χ2n) is 4.46. The first-order valence-corrected chi connectivity index (χ1v) is 8.92. The molecule has 2 N–H and O–H groups in total. The SMILES string of the molecule is O=C(Nc1ccc([N+](=O)[O-])cc1)Nc1ccc(S(=O)(=O)Cl)cc1Cl. The smallest absolute Gasteiger partial charge is 0.308 e. The van der Waals surface area contributed by atoms with E-state index in [9.17, 15) is 23.3 Å². The Balaban J connectivity index is 2.08. The number of anilines is 2. The quantitative estimate of drug-likeness (QED) is 0.467. The molecule has 2 aromatic carbocycles. The maximum absolute atomic E-state index is 11.9. The zero-order valence-corrected chi connectivity index (χ0v) is 14.0. The van der Waals surface area contributed by atoms with Crippen LogP contribution in [0.1, 0.15) is 0 Å². The molecular formula is C13H9Cl2N3O5S. The molecule has 2 amide bonds. The van der Waals surface area contributed by atoms with Gasteiger partial charge in [0.15, 0.2) is 0 Å². The molecule has 0 radical (unpaired) electrons. The number of hydrogen-bond donors (Lipinski definition) is 2. The predicted octanol–water partition coefficient (Wildman–Crippen LogP) is 3.82. The summed E-state index contributed by atoms with van der Waals surface area (Å²) in [5.41, 5.74) is 0.385. The average Bonchev–Trinajstić information content (AvgIpc) is 2.48. The average molecular weight is 390 g/mol. The summed E-state index contributed by atoms with van der Waals surface area (Å²) in [6.07, 6.45) is 0. The fourth-order valence-electron chi connectivity index (χ4n) is 1.70. The van der Waals surface area contributed by atoms with Crippen molar-refractivity contribution in [2.45, 2.75) is 4.90 Å². The van der Waals surface area contributed by atoms with Crippen LogP contribution in [0.5, 0.6) is 0 Å². The lowest BCUT2D eigenvalue weighted by molar-refractivity contribution is -0.384. The van der Waals surface area contributed by atoms with Gasteiger partial charge in [-0.3, -0.25) is 10.1 Å². The Hall–Kier alpha value is -2.36. The van der Waals surface area contributed by atoms with Crippen molar-refractivity contribution >= 4 is 54.4 Å². The minimum Gasteiger partial charge on any atom is -0.308 e. The zero-order chi connectivity index (χ0) is 17.9. The maximum atomic E-state index is 11.9. The Morgan fingerprint density at radius 2 is 1.71 bits per heavy atom. The molecule has 0 saturated heterocycles. The van der Waals surface area contributed by atoms with Crippen LogP contribution in [0.4, 0.5) is 21.9 Å². The number of nitrogens with one attached hydrogen (secondary N) is 2. The molecule has 0 atom stereocenters. The Morgan fingerprint density at radius 1 is 1.08 bits per heavy atom. The second kappa shape index (κ2) is 7.04. The molecule has 126 valence electrons. The number of carbonyl (C=O) groups excluding carboxylic acids is 1. The fraction of sp³-hybridized carbons (Fsp3) is 0. The van der Waals surface area contributed by atoms with E-state index in [1.807, 2.05) is 0 Å². The van der Waals surface area contributed by atoms with Crippen LogP contribution in [0.15, 0.2) is 47.4 Å². The van der Waals surface area contributed by atoms with Gasteiger partial charge in [-0.2, -0.15) is 0 Å². The number of non-ortho nitro benzene ring substituents is 1. The molecule has 2 rings (SSSR count). The number of hydrogen-bond acceptors (Lipinski definition) is 5. The highest BCUT2D eigenvalue weighted by atomic mass is 35.7. The molecule has 2 aromatic rings. The number of carbonyl (C=O) groups is 1. The van der Waals surface area contributed by atoms with E-state index in [1.54, 1.807) is 0 Å². The molecule has 0 saturated carbocycles. The number of amides is 2. The summed E-state index contributed by atoms with van der Waals surface area (Å²) < 4.78 is 22.4. The van der Waals surface area contributed by atoms with Crippen LogP contribution in [-0.4, -0.2) is 19.4 Å². The van der Waals surface area contributed by atoms with E-state index in [0.717, 1.165) is 6.07 Å². The van der Waals surface area contributed by atoms with Gasteiger partial charge in [0.05, 0.1) is 20.5 Å². The summed E-state index contributed by atoms with van der Waals surface area (Å²) in [7, 11) is 1.27. The van der Waals surface area contributed by atoms with Crippen molar-refractivity contribution in [1.82, 2.24) is 0 Å². The summed E-state index contributed by atoms with van der Waals surface area (Å²) >= 11 is 5.90. The molecule has 0 fully saturated rings. The first kappa shape index (κ1) is 18.0. The minimum atomic E-state index is -3.93. The maximum Gasteiger partial charge on any atom is 0.323 e. The first-order chi connectivity index (χ1) is 11.2. The highest BCUT2D eigenvalue weighted by molar-refractivity contribution is 8.13. The summed E-state index contributed by atoms with van der Waals surface area (Å²) in [5.74, 6) is 0. The minimum absolute atomic E-state index is 0.0180. The summed E-state index contributed by atoms with van der Waals surface area (Å²) in [4.78, 5) is 21.7. The van der Waals surface area contributed by atoms with E-state index in [0.29, 0.717) is 5.69 Å². The number of rotatable bonds is 4. The lowest BCUT2D eigenvalue weighted by atomic mass is 10.3. The molecule has 0 aliphatic heterocycles. The van der Waals surface area contributed by atoms with E-state index in [1.165, 1.54) is 36.4 Å². The van der Waals surface area contributed by atoms with E-state index < -0.39 is 20.0 Å². The van der Waals surface area contributed by atoms with Crippen molar-refractivity contribution in [2.75, 3.05) is 10.6 Å². The third-order valence-corrected chi connectivity index (χ3v) is 4.47. The third-order valence-electron chi connectivity index (χ3n) is 2.81. The van der Waals surface area contributed by atoms with E-state index in [2.05, 4.69) is 10.6 Å². The number of urea groups is 1. The third kappa shape index (κ3) is 4.57. The van der Waals surface area contributed by atoms with Crippen LogP contribution < -0.4 is 10.6 Å². The fourth-order valence-corrected chi connectivity index (χ4v) is 2.77. The van der Waals surface area contributed by atoms with Gasteiger partial charge < -0.3 is 10.6 Å². The van der Waals surface area contributed by atoms with Gasteiger partial charge in [-0.05, 0) is 30.3 Å². The van der Waals surface area contributed by atoms with Crippen LogP contribution in [0, 0.1) is 10.1 Å². The van der Waals surface area contributed by atoms with Gasteiger partial charge in [0.1, 0.15) is 0 Å².